The molecule has 0 spiro atoms. The van der Waals surface area contributed by atoms with Crippen molar-refractivity contribution in [3.63, 3.8) is 0 Å². The number of hydrogen-bond donors (Lipinski definition) is 2. The largest absolute Gasteiger partial charge is 0.467 e. The van der Waals surface area contributed by atoms with Crippen LogP contribution in [0.15, 0.2) is 5.16 Å². The molecular weight excluding hydrogens is 496 g/mol. The quantitative estimate of drug-likeness (QED) is 0.218. The van der Waals surface area contributed by atoms with Gasteiger partial charge in [0, 0.05) is 26.1 Å². The molecule has 216 valence electrons. The molecule has 0 radical (unpaired) electrons. The summed E-state index contributed by atoms with van der Waals surface area (Å²) in [7, 11) is 1.21. The molecule has 12 heteroatoms. The molecule has 0 saturated carbocycles. The van der Waals surface area contributed by atoms with Crippen molar-refractivity contribution < 1.29 is 38.2 Å². The monoisotopic (exact) mass is 540 g/mol. The lowest BCUT2D eigenvalue weighted by molar-refractivity contribution is -0.143. The number of oxime groups is 1. The molecule has 3 amide bonds. The molecule has 2 atom stereocenters. The van der Waals surface area contributed by atoms with E-state index in [-0.39, 0.29) is 37.7 Å². The Bertz CT molecular complexity index is 834. The van der Waals surface area contributed by atoms with Gasteiger partial charge in [-0.1, -0.05) is 18.5 Å². The normalized spacial score (nSPS) is 18.6. The molecule has 12 nitrogen and oxygen atoms in total. The van der Waals surface area contributed by atoms with E-state index in [0.717, 1.165) is 37.8 Å². The summed E-state index contributed by atoms with van der Waals surface area (Å²) in [5, 5.41) is 9.21. The molecule has 0 bridgehead atoms. The van der Waals surface area contributed by atoms with Gasteiger partial charge in [0.1, 0.15) is 17.7 Å². The Labute approximate surface area is 225 Å². The smallest absolute Gasteiger partial charge is 0.410 e. The van der Waals surface area contributed by atoms with Gasteiger partial charge >= 0.3 is 18.2 Å². The van der Waals surface area contributed by atoms with Crippen LogP contribution in [0, 0.1) is 5.92 Å². The third-order valence-electron chi connectivity index (χ3n) is 6.33. The van der Waals surface area contributed by atoms with Gasteiger partial charge in [-0.2, -0.15) is 0 Å². The minimum absolute atomic E-state index is 0.0795. The average Bonchev–Trinajstić information content (AvgIpc) is 3.31. The highest BCUT2D eigenvalue weighted by Gasteiger charge is 2.29. The highest BCUT2D eigenvalue weighted by Crippen LogP contribution is 2.25. The predicted molar refractivity (Wildman–Crippen MR) is 140 cm³/mol. The van der Waals surface area contributed by atoms with Crippen LogP contribution in [0.3, 0.4) is 0 Å². The number of likely N-dealkylation sites (tertiary alicyclic amines) is 1. The second-order valence-electron chi connectivity index (χ2n) is 10.8. The van der Waals surface area contributed by atoms with Crippen LogP contribution >= 0.6 is 0 Å². The van der Waals surface area contributed by atoms with Crippen LogP contribution in [-0.4, -0.2) is 85.8 Å². The summed E-state index contributed by atoms with van der Waals surface area (Å²) < 4.78 is 15.2. The highest BCUT2D eigenvalue weighted by atomic mass is 16.6. The van der Waals surface area contributed by atoms with Gasteiger partial charge < -0.3 is 34.6 Å². The molecule has 0 aromatic carbocycles. The maximum absolute atomic E-state index is 12.4. The molecule has 0 aliphatic carbocycles. The molecule has 2 N–H and O–H groups in total. The second kappa shape index (κ2) is 15.4. The van der Waals surface area contributed by atoms with E-state index in [1.165, 1.54) is 7.11 Å². The Morgan fingerprint density at radius 1 is 1.18 bits per heavy atom. The summed E-state index contributed by atoms with van der Waals surface area (Å²) >= 11 is 0. The van der Waals surface area contributed by atoms with Crippen molar-refractivity contribution in [2.45, 2.75) is 96.8 Å². The van der Waals surface area contributed by atoms with Gasteiger partial charge in [-0.05, 0) is 58.8 Å². The third kappa shape index (κ3) is 11.6. The molecule has 0 aromatic heterocycles. The van der Waals surface area contributed by atoms with Gasteiger partial charge in [0.05, 0.1) is 25.8 Å². The van der Waals surface area contributed by atoms with Gasteiger partial charge in [-0.15, -0.1) is 0 Å². The molecule has 1 unspecified atom stereocenters. The van der Waals surface area contributed by atoms with Gasteiger partial charge in [0.15, 0.2) is 0 Å². The molecule has 1 saturated heterocycles. The molecule has 2 heterocycles. The van der Waals surface area contributed by atoms with Gasteiger partial charge in [0.2, 0.25) is 5.91 Å². The van der Waals surface area contributed by atoms with E-state index in [1.807, 2.05) is 27.7 Å². The van der Waals surface area contributed by atoms with Crippen molar-refractivity contribution in [3.8, 4) is 0 Å². The number of hydrogen-bond acceptors (Lipinski definition) is 9. The average molecular weight is 541 g/mol. The van der Waals surface area contributed by atoms with Crippen LogP contribution in [0.25, 0.3) is 0 Å². The van der Waals surface area contributed by atoms with Crippen molar-refractivity contribution in [2.24, 2.45) is 11.1 Å². The fourth-order valence-electron chi connectivity index (χ4n) is 4.17. The minimum atomic E-state index is -1.06. The summed E-state index contributed by atoms with van der Waals surface area (Å²) in [6.07, 6.45) is 4.42. The Morgan fingerprint density at radius 2 is 1.89 bits per heavy atom. The SMILES string of the molecule is CCCCOC(=O)N[C@@H](CNC(=O)CC1CC(CCC2CCN(C(=O)OC(C)(C)C)CC2)=NO1)C(=O)OC. The summed E-state index contributed by atoms with van der Waals surface area (Å²) in [5.41, 5.74) is 0.422. The standard InChI is InChI=1S/C26H44N4O8/c1-6-7-14-36-24(33)28-21(23(32)35-5)17-27-22(31)16-20-15-19(29-38-20)9-8-18-10-12-30(13-11-18)25(34)37-26(2,3)4/h18,20-21H,6-17H2,1-5H3,(H,27,31)(H,28,33)/t20?,21-/m0/s1. The van der Waals surface area contributed by atoms with E-state index in [9.17, 15) is 19.2 Å². The van der Waals surface area contributed by atoms with Crippen molar-refractivity contribution in [1.29, 1.82) is 0 Å². The van der Waals surface area contributed by atoms with Crippen molar-refractivity contribution in [3.05, 3.63) is 0 Å². The number of unbranched alkanes of at least 4 members (excludes halogenated alkanes) is 1. The topological polar surface area (TPSA) is 145 Å². The van der Waals surface area contributed by atoms with Crippen LogP contribution in [0.4, 0.5) is 9.59 Å². The maximum atomic E-state index is 12.4. The zero-order valence-electron chi connectivity index (χ0n) is 23.4. The first-order chi connectivity index (χ1) is 18.0. The summed E-state index contributed by atoms with van der Waals surface area (Å²) in [6.45, 7) is 9.05. The molecule has 2 aliphatic heterocycles. The van der Waals surface area contributed by atoms with Crippen LogP contribution < -0.4 is 10.6 Å². The number of carbonyl (C=O) groups is 4. The number of nitrogens with one attached hydrogen (secondary N) is 2. The zero-order chi connectivity index (χ0) is 28.1. The minimum Gasteiger partial charge on any atom is -0.467 e. The van der Waals surface area contributed by atoms with Gasteiger partial charge in [0.25, 0.3) is 0 Å². The van der Waals surface area contributed by atoms with Crippen LogP contribution in [0.5, 0.6) is 0 Å². The number of alkyl carbamates (subject to hydrolysis) is 1. The fraction of sp³-hybridized carbons (Fsp3) is 0.808. The number of nitrogens with zero attached hydrogens (tertiary/aromatic N) is 2. The number of methoxy groups -OCH3 is 1. The van der Waals surface area contributed by atoms with E-state index in [1.54, 1.807) is 4.90 Å². The Balaban J connectivity index is 1.65. The van der Waals surface area contributed by atoms with Crippen LogP contribution in [0.2, 0.25) is 0 Å². The zero-order valence-corrected chi connectivity index (χ0v) is 23.4. The third-order valence-corrected chi connectivity index (χ3v) is 6.33. The van der Waals surface area contributed by atoms with Crippen LogP contribution in [0.1, 0.15) is 79.1 Å². The number of ether oxygens (including phenoxy) is 3. The first-order valence-corrected chi connectivity index (χ1v) is 13.5. The molecule has 2 aliphatic rings. The van der Waals surface area contributed by atoms with Crippen LogP contribution in [-0.2, 0) is 28.6 Å². The molecular formula is C26H44N4O8. The summed E-state index contributed by atoms with van der Waals surface area (Å²) in [6, 6.07) is -1.06. The first-order valence-electron chi connectivity index (χ1n) is 13.5. The van der Waals surface area contributed by atoms with Crippen molar-refractivity contribution in [2.75, 3.05) is 33.4 Å². The number of esters is 1. The highest BCUT2D eigenvalue weighted by molar-refractivity contribution is 5.87. The number of rotatable bonds is 12. The summed E-state index contributed by atoms with van der Waals surface area (Å²) in [5.74, 6) is -0.511. The van der Waals surface area contributed by atoms with E-state index in [4.69, 9.17) is 19.0 Å². The van der Waals surface area contributed by atoms with Crippen molar-refractivity contribution >= 4 is 29.8 Å². The number of amides is 3. The Morgan fingerprint density at radius 3 is 2.53 bits per heavy atom. The van der Waals surface area contributed by atoms with E-state index < -0.39 is 23.7 Å². The van der Waals surface area contributed by atoms with Gasteiger partial charge in [-0.25, -0.2) is 14.4 Å². The summed E-state index contributed by atoms with van der Waals surface area (Å²) in [4.78, 5) is 55.7. The first kappa shape index (κ1) is 31.2. The number of carbonyl (C=O) groups excluding carboxylic acids is 4. The molecule has 2 rings (SSSR count). The Hall–Kier alpha value is -3.05. The lowest BCUT2D eigenvalue weighted by Crippen LogP contribution is -2.49. The maximum Gasteiger partial charge on any atom is 0.410 e. The lowest BCUT2D eigenvalue weighted by atomic mass is 9.90. The van der Waals surface area contributed by atoms with E-state index in [0.29, 0.717) is 31.8 Å². The lowest BCUT2D eigenvalue weighted by Gasteiger charge is -2.33. The number of piperidine rings is 1. The van der Waals surface area contributed by atoms with E-state index in [2.05, 4.69) is 15.8 Å². The molecule has 38 heavy (non-hydrogen) atoms. The van der Waals surface area contributed by atoms with Gasteiger partial charge in [-0.3, -0.25) is 4.79 Å². The predicted octanol–water partition coefficient (Wildman–Crippen LogP) is 3.13. The second-order valence-corrected chi connectivity index (χ2v) is 10.8. The Kier molecular flexibility index (Phi) is 12.6. The van der Waals surface area contributed by atoms with E-state index >= 15 is 0 Å². The fourth-order valence-corrected chi connectivity index (χ4v) is 4.17. The molecule has 0 aromatic rings. The molecule has 1 fully saturated rings. The van der Waals surface area contributed by atoms with Crippen molar-refractivity contribution in [1.82, 2.24) is 15.5 Å².